The van der Waals surface area contributed by atoms with Crippen molar-refractivity contribution in [1.29, 1.82) is 0 Å². The highest BCUT2D eigenvalue weighted by molar-refractivity contribution is 6.05. The van der Waals surface area contributed by atoms with Crippen LogP contribution in [-0.4, -0.2) is 39.7 Å². The predicted molar refractivity (Wildman–Crippen MR) is 112 cm³/mol. The van der Waals surface area contributed by atoms with E-state index in [1.807, 2.05) is 12.1 Å². The number of hydrogen-bond donors (Lipinski definition) is 3. The van der Waals surface area contributed by atoms with Gasteiger partial charge in [0.2, 0.25) is 17.7 Å². The van der Waals surface area contributed by atoms with Crippen molar-refractivity contribution in [1.82, 2.24) is 10.2 Å². The summed E-state index contributed by atoms with van der Waals surface area (Å²) in [5.74, 6) is -1.01. The van der Waals surface area contributed by atoms with Gasteiger partial charge in [0.25, 0.3) is 5.91 Å². The summed E-state index contributed by atoms with van der Waals surface area (Å²) >= 11 is 0. The highest BCUT2D eigenvalue weighted by atomic mass is 16.3. The lowest BCUT2D eigenvalue weighted by Gasteiger charge is -2.29. The zero-order chi connectivity index (χ0) is 22.1. The van der Waals surface area contributed by atoms with E-state index >= 15 is 0 Å². The minimum atomic E-state index is -0.641. The first-order valence-corrected chi connectivity index (χ1v) is 10.2. The van der Waals surface area contributed by atoms with E-state index in [4.69, 9.17) is 0 Å². The van der Waals surface area contributed by atoms with Crippen LogP contribution < -0.4 is 10.6 Å². The molecule has 2 aliphatic heterocycles. The maximum Gasteiger partial charge on any atom is 0.255 e. The quantitative estimate of drug-likeness (QED) is 0.639. The number of piperidine rings is 1. The lowest BCUT2D eigenvalue weighted by Crippen LogP contribution is -2.52. The Kier molecular flexibility index (Phi) is 5.46. The summed E-state index contributed by atoms with van der Waals surface area (Å²) in [7, 11) is 0. The smallest absolute Gasteiger partial charge is 0.255 e. The average molecular weight is 421 g/mol. The molecule has 3 N–H and O–H groups in total. The zero-order valence-corrected chi connectivity index (χ0v) is 17.1. The molecule has 0 saturated carbocycles. The molecule has 0 bridgehead atoms. The Morgan fingerprint density at radius 3 is 2.74 bits per heavy atom. The Hall–Kier alpha value is -3.68. The van der Waals surface area contributed by atoms with Gasteiger partial charge in [0.15, 0.2) is 0 Å². The van der Waals surface area contributed by atoms with Crippen molar-refractivity contribution in [3.8, 4) is 5.75 Å². The monoisotopic (exact) mass is 421 g/mol. The predicted octanol–water partition coefficient (Wildman–Crippen LogP) is 2.03. The molecule has 0 aliphatic carbocycles. The van der Waals surface area contributed by atoms with Gasteiger partial charge in [-0.15, -0.1) is 0 Å². The van der Waals surface area contributed by atoms with Crippen LogP contribution in [0.1, 0.15) is 46.3 Å². The summed E-state index contributed by atoms with van der Waals surface area (Å²) in [5, 5.41) is 14.8. The molecule has 160 valence electrons. The number of rotatable bonds is 5. The third-order valence-electron chi connectivity index (χ3n) is 5.72. The Bertz CT molecular complexity index is 1090. The summed E-state index contributed by atoms with van der Waals surface area (Å²) in [4.78, 5) is 50.0. The van der Waals surface area contributed by atoms with Crippen LogP contribution in [0.3, 0.4) is 0 Å². The number of fused-ring (bicyclic) bond motifs is 1. The highest BCUT2D eigenvalue weighted by Gasteiger charge is 2.39. The van der Waals surface area contributed by atoms with Crippen LogP contribution in [0.25, 0.3) is 0 Å². The fraction of sp³-hybridized carbons (Fsp3) is 0.304. The highest BCUT2D eigenvalue weighted by Crippen LogP contribution is 2.28. The van der Waals surface area contributed by atoms with Crippen molar-refractivity contribution in [3.63, 3.8) is 0 Å². The van der Waals surface area contributed by atoms with Crippen LogP contribution in [0.15, 0.2) is 36.4 Å². The Morgan fingerprint density at radius 1 is 1.19 bits per heavy atom. The van der Waals surface area contributed by atoms with Gasteiger partial charge in [-0.3, -0.25) is 24.5 Å². The van der Waals surface area contributed by atoms with Crippen molar-refractivity contribution in [2.45, 2.75) is 45.2 Å². The van der Waals surface area contributed by atoms with Crippen LogP contribution in [-0.2, 0) is 27.3 Å². The average Bonchev–Trinajstić information content (AvgIpc) is 3.05. The Balaban J connectivity index is 1.38. The molecular formula is C23H23N3O5. The van der Waals surface area contributed by atoms with Crippen molar-refractivity contribution in [2.75, 3.05) is 5.32 Å². The van der Waals surface area contributed by atoms with Gasteiger partial charge in [-0.05, 0) is 48.6 Å². The molecule has 1 saturated heterocycles. The molecular weight excluding hydrogens is 398 g/mol. The normalized spacial score (nSPS) is 18.0. The molecule has 1 fully saturated rings. The maximum atomic E-state index is 12.7. The lowest BCUT2D eigenvalue weighted by atomic mass is 10.0. The molecule has 1 unspecified atom stereocenters. The van der Waals surface area contributed by atoms with Gasteiger partial charge in [0.05, 0.1) is 0 Å². The fourth-order valence-corrected chi connectivity index (χ4v) is 3.95. The number of carbonyl (C=O) groups excluding carboxylic acids is 4. The van der Waals surface area contributed by atoms with E-state index in [2.05, 4.69) is 10.6 Å². The summed E-state index contributed by atoms with van der Waals surface area (Å²) in [5.41, 5.74) is 3.55. The molecule has 0 spiro atoms. The zero-order valence-electron chi connectivity index (χ0n) is 17.1. The van der Waals surface area contributed by atoms with Crippen molar-refractivity contribution >= 4 is 29.3 Å². The number of aromatic hydroxyl groups is 1. The van der Waals surface area contributed by atoms with Crippen molar-refractivity contribution in [3.05, 3.63) is 58.7 Å². The van der Waals surface area contributed by atoms with E-state index in [0.717, 1.165) is 16.7 Å². The number of hydrogen-bond acceptors (Lipinski definition) is 5. The standard InChI is InChI=1S/C23H23N3O5/c1-13-2-5-16(11-19(13)27)24-20(28)8-4-14-3-6-17-15(10-14)12-26(23(17)31)18-7-9-21(29)25-22(18)30/h2-3,5-6,10-11,18,27H,4,7-9,12H2,1H3,(H,24,28)(H,25,29,30). The van der Waals surface area contributed by atoms with Crippen molar-refractivity contribution < 1.29 is 24.3 Å². The first-order valence-electron chi connectivity index (χ1n) is 10.2. The summed E-state index contributed by atoms with van der Waals surface area (Å²) in [6, 6.07) is 9.78. The van der Waals surface area contributed by atoms with E-state index in [1.54, 1.807) is 25.1 Å². The minimum absolute atomic E-state index is 0.127. The first-order chi connectivity index (χ1) is 14.8. The van der Waals surface area contributed by atoms with Gasteiger partial charge in [-0.1, -0.05) is 18.2 Å². The molecule has 1 atom stereocenters. The number of amides is 4. The maximum absolute atomic E-state index is 12.7. The minimum Gasteiger partial charge on any atom is -0.508 e. The molecule has 31 heavy (non-hydrogen) atoms. The van der Waals surface area contributed by atoms with Gasteiger partial charge in [0.1, 0.15) is 11.8 Å². The molecule has 2 aromatic carbocycles. The molecule has 8 nitrogen and oxygen atoms in total. The van der Waals surface area contributed by atoms with Crippen LogP contribution in [0.4, 0.5) is 5.69 Å². The third-order valence-corrected chi connectivity index (χ3v) is 5.72. The van der Waals surface area contributed by atoms with Gasteiger partial charge in [-0.25, -0.2) is 0 Å². The Labute approximate surface area is 179 Å². The summed E-state index contributed by atoms with van der Waals surface area (Å²) < 4.78 is 0. The van der Waals surface area contributed by atoms with E-state index in [9.17, 15) is 24.3 Å². The molecule has 8 heteroatoms. The van der Waals surface area contributed by atoms with Crippen molar-refractivity contribution in [2.24, 2.45) is 0 Å². The molecule has 2 aliphatic rings. The molecule has 4 rings (SSSR count). The topological polar surface area (TPSA) is 116 Å². The lowest BCUT2D eigenvalue weighted by molar-refractivity contribution is -0.137. The SMILES string of the molecule is Cc1ccc(NC(=O)CCc2ccc3c(c2)CN(C2CCC(=O)NC2=O)C3=O)cc1O. The van der Waals surface area contributed by atoms with Gasteiger partial charge in [0, 0.05) is 36.7 Å². The number of nitrogens with zero attached hydrogens (tertiary/aromatic N) is 1. The number of phenols is 1. The van der Waals surface area contributed by atoms with E-state index in [0.29, 0.717) is 30.6 Å². The number of phenolic OH excluding ortho intramolecular Hbond substituents is 1. The second-order valence-electron chi connectivity index (χ2n) is 7.94. The number of imide groups is 1. The summed E-state index contributed by atoms with van der Waals surface area (Å²) in [6.07, 6.45) is 1.28. The number of benzene rings is 2. The molecule has 0 radical (unpaired) electrons. The van der Waals surface area contributed by atoms with Crippen LogP contribution >= 0.6 is 0 Å². The largest absolute Gasteiger partial charge is 0.508 e. The number of carbonyl (C=O) groups is 4. The number of nitrogens with one attached hydrogen (secondary N) is 2. The van der Waals surface area contributed by atoms with Crippen LogP contribution in [0.2, 0.25) is 0 Å². The Morgan fingerprint density at radius 2 is 2.00 bits per heavy atom. The number of anilines is 1. The fourth-order valence-electron chi connectivity index (χ4n) is 3.95. The molecule has 4 amide bonds. The first kappa shape index (κ1) is 20.6. The summed E-state index contributed by atoms with van der Waals surface area (Å²) in [6.45, 7) is 2.09. The van der Waals surface area contributed by atoms with Gasteiger partial charge < -0.3 is 15.3 Å². The van der Waals surface area contributed by atoms with Gasteiger partial charge in [-0.2, -0.15) is 0 Å². The van der Waals surface area contributed by atoms with E-state index in [-0.39, 0.29) is 36.3 Å². The molecule has 2 aromatic rings. The number of aryl methyl sites for hydroxylation is 2. The molecule has 0 aromatic heterocycles. The molecule has 2 heterocycles. The van der Waals surface area contributed by atoms with Crippen LogP contribution in [0, 0.1) is 6.92 Å². The third kappa shape index (κ3) is 4.28. The van der Waals surface area contributed by atoms with Gasteiger partial charge >= 0.3 is 0 Å². The van der Waals surface area contributed by atoms with E-state index in [1.165, 1.54) is 11.0 Å². The second-order valence-corrected chi connectivity index (χ2v) is 7.94. The van der Waals surface area contributed by atoms with Crippen LogP contribution in [0.5, 0.6) is 5.75 Å². The second kappa shape index (κ2) is 8.22. The van der Waals surface area contributed by atoms with E-state index < -0.39 is 11.9 Å².